The van der Waals surface area contributed by atoms with Gasteiger partial charge in [0.15, 0.2) is 0 Å². The van der Waals surface area contributed by atoms with Crippen LogP contribution in [0.15, 0.2) is 0 Å². The molecule has 2 aliphatic rings. The molecule has 0 saturated heterocycles. The Labute approximate surface area is 136 Å². The van der Waals surface area contributed by atoms with Crippen LogP contribution in [0, 0.1) is 11.3 Å². The zero-order chi connectivity index (χ0) is 14.6. The van der Waals surface area contributed by atoms with Crippen molar-refractivity contribution < 1.29 is 4.79 Å². The molecule has 2 aliphatic carbocycles. The number of hydrogen-bond donors (Lipinski definition) is 1. The number of hydrogen-bond acceptors (Lipinski definition) is 2. The lowest BCUT2D eigenvalue weighted by molar-refractivity contribution is -0.135. The fraction of sp³-hybridized carbons (Fsp3) is 0.941. The maximum absolute atomic E-state index is 12.7. The minimum atomic E-state index is 0. The summed E-state index contributed by atoms with van der Waals surface area (Å²) in [6.07, 6.45) is 10.3. The molecule has 0 unspecified atom stereocenters. The molecule has 21 heavy (non-hydrogen) atoms. The van der Waals surface area contributed by atoms with Crippen molar-refractivity contribution in [2.24, 2.45) is 17.1 Å². The Bertz CT molecular complexity index is 323. The van der Waals surface area contributed by atoms with Crippen molar-refractivity contribution in [2.75, 3.05) is 13.1 Å². The van der Waals surface area contributed by atoms with Crippen LogP contribution in [-0.2, 0) is 4.79 Å². The number of nitrogens with two attached hydrogens (primary N) is 1. The van der Waals surface area contributed by atoms with E-state index in [0.717, 1.165) is 25.8 Å². The van der Waals surface area contributed by atoms with Crippen LogP contribution >= 0.6 is 12.4 Å². The predicted octanol–water partition coefficient (Wildman–Crippen LogP) is 3.74. The average molecular weight is 317 g/mol. The Kier molecular flexibility index (Phi) is 7.49. The Morgan fingerprint density at radius 2 is 1.86 bits per heavy atom. The third-order valence-corrected chi connectivity index (χ3v) is 5.13. The molecule has 2 N–H and O–H groups in total. The van der Waals surface area contributed by atoms with Crippen LogP contribution in [0.2, 0.25) is 0 Å². The van der Waals surface area contributed by atoms with Crippen molar-refractivity contribution in [1.29, 1.82) is 0 Å². The molecule has 2 rings (SSSR count). The monoisotopic (exact) mass is 316 g/mol. The molecule has 2 saturated carbocycles. The number of nitrogens with zero attached hydrogens (tertiary/aromatic N) is 1. The smallest absolute Gasteiger partial charge is 0.223 e. The van der Waals surface area contributed by atoms with Crippen LogP contribution in [0.25, 0.3) is 0 Å². The summed E-state index contributed by atoms with van der Waals surface area (Å²) in [5.41, 5.74) is 6.14. The van der Waals surface area contributed by atoms with Crippen molar-refractivity contribution in [1.82, 2.24) is 4.90 Å². The van der Waals surface area contributed by atoms with E-state index in [1.165, 1.54) is 32.1 Å². The second-order valence-electron chi connectivity index (χ2n) is 7.44. The molecule has 4 heteroatoms. The van der Waals surface area contributed by atoms with Crippen molar-refractivity contribution in [3.63, 3.8) is 0 Å². The highest BCUT2D eigenvalue weighted by molar-refractivity contribution is 5.85. The van der Waals surface area contributed by atoms with E-state index in [1.807, 2.05) is 0 Å². The van der Waals surface area contributed by atoms with Gasteiger partial charge in [-0.3, -0.25) is 4.79 Å². The van der Waals surface area contributed by atoms with E-state index in [-0.39, 0.29) is 17.8 Å². The normalized spacial score (nSPS) is 21.0. The molecule has 0 aromatic carbocycles. The van der Waals surface area contributed by atoms with Crippen LogP contribution < -0.4 is 5.73 Å². The lowest BCUT2D eigenvalue weighted by atomic mass is 9.71. The molecule has 0 spiro atoms. The van der Waals surface area contributed by atoms with Crippen LogP contribution in [0.5, 0.6) is 0 Å². The summed E-state index contributed by atoms with van der Waals surface area (Å²) in [4.78, 5) is 14.9. The molecule has 124 valence electrons. The molecule has 0 bridgehead atoms. The summed E-state index contributed by atoms with van der Waals surface area (Å²) in [6.45, 7) is 6.10. The van der Waals surface area contributed by atoms with Gasteiger partial charge in [-0.05, 0) is 50.0 Å². The minimum absolute atomic E-state index is 0. The topological polar surface area (TPSA) is 46.3 Å². The standard InChI is InChI=1S/C17H32N2O.ClH/c1-14(2)8-11-19(15-6-7-15)16(20)12-17(13-18)9-4-3-5-10-17;/h14-15H,3-13,18H2,1-2H3;1H. The van der Waals surface area contributed by atoms with Crippen LogP contribution in [-0.4, -0.2) is 29.9 Å². The lowest BCUT2D eigenvalue weighted by Gasteiger charge is -2.37. The molecule has 0 heterocycles. The van der Waals surface area contributed by atoms with Gasteiger partial charge >= 0.3 is 0 Å². The third-order valence-electron chi connectivity index (χ3n) is 5.13. The number of carbonyl (C=O) groups is 1. The van der Waals surface area contributed by atoms with E-state index in [2.05, 4.69) is 18.7 Å². The maximum atomic E-state index is 12.7. The molecular weight excluding hydrogens is 284 g/mol. The second-order valence-corrected chi connectivity index (χ2v) is 7.44. The predicted molar refractivity (Wildman–Crippen MR) is 90.6 cm³/mol. The summed E-state index contributed by atoms with van der Waals surface area (Å²) in [5, 5.41) is 0. The summed E-state index contributed by atoms with van der Waals surface area (Å²) >= 11 is 0. The number of amides is 1. The summed E-state index contributed by atoms with van der Waals surface area (Å²) in [7, 11) is 0. The van der Waals surface area contributed by atoms with Gasteiger partial charge in [0.05, 0.1) is 0 Å². The quantitative estimate of drug-likeness (QED) is 0.777. The Balaban J connectivity index is 0.00000220. The fourth-order valence-electron chi connectivity index (χ4n) is 3.47. The van der Waals surface area contributed by atoms with Gasteiger partial charge in [0.2, 0.25) is 5.91 Å². The first-order chi connectivity index (χ1) is 9.56. The first kappa shape index (κ1) is 18.8. The van der Waals surface area contributed by atoms with E-state index < -0.39 is 0 Å². The number of halogens is 1. The summed E-state index contributed by atoms with van der Waals surface area (Å²) in [6, 6.07) is 0.541. The van der Waals surface area contributed by atoms with Gasteiger partial charge in [-0.2, -0.15) is 0 Å². The molecule has 1 amide bonds. The summed E-state index contributed by atoms with van der Waals surface area (Å²) in [5.74, 6) is 1.04. The van der Waals surface area contributed by atoms with E-state index in [0.29, 0.717) is 30.8 Å². The SMILES string of the molecule is CC(C)CCN(C(=O)CC1(CN)CCCCC1)C1CC1.Cl. The van der Waals surface area contributed by atoms with Crippen LogP contribution in [0.1, 0.15) is 71.6 Å². The zero-order valence-electron chi connectivity index (χ0n) is 13.8. The number of carbonyl (C=O) groups excluding carboxylic acids is 1. The van der Waals surface area contributed by atoms with Crippen molar-refractivity contribution >= 4 is 18.3 Å². The summed E-state index contributed by atoms with van der Waals surface area (Å²) < 4.78 is 0. The van der Waals surface area contributed by atoms with Crippen molar-refractivity contribution in [3.8, 4) is 0 Å². The van der Waals surface area contributed by atoms with Gasteiger partial charge < -0.3 is 10.6 Å². The largest absolute Gasteiger partial charge is 0.340 e. The van der Waals surface area contributed by atoms with E-state index in [4.69, 9.17) is 5.73 Å². The third kappa shape index (κ3) is 5.45. The molecule has 2 fully saturated rings. The highest BCUT2D eigenvalue weighted by Gasteiger charge is 2.38. The van der Waals surface area contributed by atoms with Gasteiger partial charge in [0.25, 0.3) is 0 Å². The van der Waals surface area contributed by atoms with Gasteiger partial charge in [-0.15, -0.1) is 12.4 Å². The lowest BCUT2D eigenvalue weighted by Crippen LogP contribution is -2.42. The maximum Gasteiger partial charge on any atom is 0.223 e. The Hall–Kier alpha value is -0.280. The zero-order valence-corrected chi connectivity index (χ0v) is 14.6. The highest BCUT2D eigenvalue weighted by atomic mass is 35.5. The van der Waals surface area contributed by atoms with Crippen molar-refractivity contribution in [3.05, 3.63) is 0 Å². The minimum Gasteiger partial charge on any atom is -0.340 e. The molecular formula is C17H33ClN2O. The van der Waals surface area contributed by atoms with E-state index >= 15 is 0 Å². The van der Waals surface area contributed by atoms with Gasteiger partial charge in [-0.25, -0.2) is 0 Å². The van der Waals surface area contributed by atoms with Crippen LogP contribution in [0.4, 0.5) is 0 Å². The van der Waals surface area contributed by atoms with Gasteiger partial charge in [-0.1, -0.05) is 33.1 Å². The Morgan fingerprint density at radius 3 is 2.33 bits per heavy atom. The van der Waals surface area contributed by atoms with E-state index in [9.17, 15) is 4.79 Å². The number of rotatable bonds is 7. The van der Waals surface area contributed by atoms with Gasteiger partial charge in [0, 0.05) is 19.0 Å². The van der Waals surface area contributed by atoms with Crippen molar-refractivity contribution in [2.45, 2.75) is 77.7 Å². The second kappa shape index (κ2) is 8.38. The highest BCUT2D eigenvalue weighted by Crippen LogP contribution is 2.40. The fourth-order valence-corrected chi connectivity index (χ4v) is 3.47. The molecule has 0 atom stereocenters. The molecule has 0 aromatic rings. The average Bonchev–Trinajstić information content (AvgIpc) is 3.24. The molecule has 3 nitrogen and oxygen atoms in total. The van der Waals surface area contributed by atoms with E-state index in [1.54, 1.807) is 0 Å². The van der Waals surface area contributed by atoms with Crippen LogP contribution in [0.3, 0.4) is 0 Å². The first-order valence-electron chi connectivity index (χ1n) is 8.56. The molecule has 0 aliphatic heterocycles. The Morgan fingerprint density at radius 1 is 1.24 bits per heavy atom. The first-order valence-corrected chi connectivity index (χ1v) is 8.56. The molecule has 0 aromatic heterocycles. The van der Waals surface area contributed by atoms with Gasteiger partial charge in [0.1, 0.15) is 0 Å². The molecule has 0 radical (unpaired) electrons.